The molecule has 5 rings (SSSR count). The molecule has 1 aromatic carbocycles. The van der Waals surface area contributed by atoms with E-state index in [2.05, 4.69) is 20.7 Å². The van der Waals surface area contributed by atoms with E-state index < -0.39 is 10.0 Å². The molecular weight excluding hydrogens is 555 g/mol. The normalized spacial score (nSPS) is 19.8. The molecule has 0 saturated carbocycles. The van der Waals surface area contributed by atoms with Crippen molar-refractivity contribution in [3.05, 3.63) is 48.3 Å². The maximum atomic E-state index is 13.5. The van der Waals surface area contributed by atoms with Gasteiger partial charge in [0.15, 0.2) is 5.03 Å². The summed E-state index contributed by atoms with van der Waals surface area (Å²) in [6.07, 6.45) is 1.27. The van der Waals surface area contributed by atoms with Gasteiger partial charge < -0.3 is 19.4 Å². The highest BCUT2D eigenvalue weighted by Crippen LogP contribution is 2.36. The molecule has 2 aliphatic heterocycles. The molecule has 2 aromatic heterocycles. The summed E-state index contributed by atoms with van der Waals surface area (Å²) in [5.74, 6) is 7.15. The molecule has 0 amide bonds. The lowest BCUT2D eigenvalue weighted by atomic mass is 10.2. The van der Waals surface area contributed by atoms with Crippen LogP contribution in [0.4, 0.5) is 5.69 Å². The zero-order chi connectivity index (χ0) is 27.6. The molecular formula is C27H35N5O4S3. The summed E-state index contributed by atoms with van der Waals surface area (Å²) in [5, 5.41) is 2.17. The van der Waals surface area contributed by atoms with Crippen molar-refractivity contribution in [3.63, 3.8) is 0 Å². The molecule has 1 fully saturated rings. The number of ether oxygens (including phenoxy) is 2. The Bertz CT molecular complexity index is 1470. The van der Waals surface area contributed by atoms with Crippen molar-refractivity contribution in [1.29, 1.82) is 0 Å². The summed E-state index contributed by atoms with van der Waals surface area (Å²) in [7, 11) is -0.434. The fraction of sp³-hybridized carbons (Fsp3) is 0.444. The van der Waals surface area contributed by atoms with Crippen LogP contribution in [0.3, 0.4) is 0 Å². The van der Waals surface area contributed by atoms with Gasteiger partial charge in [0.1, 0.15) is 16.9 Å². The fourth-order valence-electron chi connectivity index (χ4n) is 4.76. The Morgan fingerprint density at radius 3 is 2.79 bits per heavy atom. The van der Waals surface area contributed by atoms with Crippen LogP contribution in [0.25, 0.3) is 10.9 Å². The molecule has 9 nitrogen and oxygen atoms in total. The fourth-order valence-corrected chi connectivity index (χ4v) is 8.26. The largest absolute Gasteiger partial charge is 0.488 e. The summed E-state index contributed by atoms with van der Waals surface area (Å²) in [5.41, 5.74) is 2.05. The first-order valence-electron chi connectivity index (χ1n) is 12.9. The third kappa shape index (κ3) is 6.35. The smallest absolute Gasteiger partial charge is 0.281 e. The van der Waals surface area contributed by atoms with Gasteiger partial charge in [0.2, 0.25) is 0 Å². The number of nitrogens with zero attached hydrogens (tertiary/aromatic N) is 4. The number of benzene rings is 1. The number of methoxy groups -OCH3 is 1. The first-order chi connectivity index (χ1) is 18.7. The summed E-state index contributed by atoms with van der Waals surface area (Å²) in [6, 6.07) is 10.5. The molecule has 0 aliphatic carbocycles. The second kappa shape index (κ2) is 12.0. The molecule has 1 saturated heterocycles. The summed E-state index contributed by atoms with van der Waals surface area (Å²) < 4.78 is 39.5. The van der Waals surface area contributed by atoms with Crippen molar-refractivity contribution < 1.29 is 17.9 Å². The second-order valence-corrected chi connectivity index (χ2v) is 15.1. The van der Waals surface area contributed by atoms with Gasteiger partial charge in [-0.15, -0.1) is 0 Å². The number of H-pyrrole nitrogens is 1. The number of aromatic nitrogens is 2. The van der Waals surface area contributed by atoms with E-state index in [-0.39, 0.29) is 11.1 Å². The van der Waals surface area contributed by atoms with Crippen molar-refractivity contribution in [2.24, 2.45) is 4.99 Å². The lowest BCUT2D eigenvalue weighted by molar-refractivity contribution is 0.0922. The van der Waals surface area contributed by atoms with Crippen LogP contribution in [0.2, 0.25) is 0 Å². The van der Waals surface area contributed by atoms with Gasteiger partial charge in [0.05, 0.1) is 30.0 Å². The molecule has 39 heavy (non-hydrogen) atoms. The van der Waals surface area contributed by atoms with Crippen LogP contribution in [-0.4, -0.2) is 104 Å². The Morgan fingerprint density at radius 1 is 1.28 bits per heavy atom. The van der Waals surface area contributed by atoms with Gasteiger partial charge in [-0.05, 0) is 31.2 Å². The van der Waals surface area contributed by atoms with Crippen LogP contribution in [0.15, 0.2) is 52.6 Å². The van der Waals surface area contributed by atoms with Gasteiger partial charge in [-0.25, -0.2) is 4.98 Å². The van der Waals surface area contributed by atoms with E-state index in [1.807, 2.05) is 19.1 Å². The number of anilines is 1. The highest BCUT2D eigenvalue weighted by molar-refractivity contribution is 8.15. The molecule has 1 unspecified atom stereocenters. The van der Waals surface area contributed by atoms with E-state index in [9.17, 15) is 8.42 Å². The highest BCUT2D eigenvalue weighted by atomic mass is 32.2. The van der Waals surface area contributed by atoms with Crippen LogP contribution in [0, 0.1) is 0 Å². The van der Waals surface area contributed by atoms with Crippen molar-refractivity contribution in [3.8, 4) is 5.75 Å². The van der Waals surface area contributed by atoms with Crippen molar-refractivity contribution in [2.45, 2.75) is 23.3 Å². The summed E-state index contributed by atoms with van der Waals surface area (Å²) in [6.45, 7) is 6.32. The Morgan fingerprint density at radius 2 is 2.08 bits per heavy atom. The van der Waals surface area contributed by atoms with E-state index in [1.165, 1.54) is 35.1 Å². The molecule has 0 bridgehead atoms. The molecule has 1 N–H and O–H groups in total. The topological polar surface area (TPSA) is 100 Å². The first kappa shape index (κ1) is 28.2. The second-order valence-electron chi connectivity index (χ2n) is 9.82. The lowest BCUT2D eigenvalue weighted by Gasteiger charge is -2.30. The molecule has 12 heteroatoms. The number of aliphatic imine (C=N–C) groups is 1. The third-order valence-corrected chi connectivity index (χ3v) is 11.2. The standard InChI is InChI=1S/C27H35N5O4S3/c1-19(18-35-3)36-21-13-20-14-23(27-29-16-22(37-27)17-32-9-11-38(4)12-10-32)30-26(20)24(15-21)31(2)39(33,34)25-7-5-6-8-28-25/h5-8,13-15,19,22,30H,4,9-12,16-18H2,1-3H3/t19-,22?/m0/s1. The lowest BCUT2D eigenvalue weighted by Crippen LogP contribution is -2.38. The average Bonchev–Trinajstić information content (AvgIpc) is 3.57. The van der Waals surface area contributed by atoms with Gasteiger partial charge in [0.25, 0.3) is 10.0 Å². The predicted octanol–water partition coefficient (Wildman–Crippen LogP) is 3.68. The van der Waals surface area contributed by atoms with E-state index >= 15 is 0 Å². The van der Waals surface area contributed by atoms with E-state index in [0.717, 1.165) is 42.3 Å². The number of pyridine rings is 1. The number of aromatic amines is 1. The van der Waals surface area contributed by atoms with Crippen molar-refractivity contribution >= 4 is 59.8 Å². The van der Waals surface area contributed by atoms with Gasteiger partial charge in [-0.1, -0.05) is 23.7 Å². The molecule has 2 atom stereocenters. The zero-order valence-corrected chi connectivity index (χ0v) is 24.9. The maximum absolute atomic E-state index is 13.5. The molecule has 2 aliphatic rings. The maximum Gasteiger partial charge on any atom is 0.281 e. The monoisotopic (exact) mass is 589 g/mol. The molecule has 4 heterocycles. The molecule has 210 valence electrons. The number of fused-ring (bicyclic) bond motifs is 1. The zero-order valence-electron chi connectivity index (χ0n) is 22.5. The van der Waals surface area contributed by atoms with E-state index in [0.29, 0.717) is 39.3 Å². The Hall–Kier alpha value is -2.38. The van der Waals surface area contributed by atoms with Crippen molar-refractivity contribution in [1.82, 2.24) is 14.9 Å². The van der Waals surface area contributed by atoms with Crippen LogP contribution in [0.5, 0.6) is 5.75 Å². The predicted molar refractivity (Wildman–Crippen MR) is 164 cm³/mol. The average molecular weight is 590 g/mol. The van der Waals surface area contributed by atoms with Crippen LogP contribution in [-0.2, 0) is 14.8 Å². The SMILES string of the molecule is C=S1CCN(CC2CN=C(c3cc4cc(O[C@@H](C)COC)cc(N(C)S(=O)(=O)c5ccccn5)c4[nH]3)S2)CC1. The number of hydrogen-bond donors (Lipinski definition) is 1. The third-order valence-electron chi connectivity index (χ3n) is 6.82. The van der Waals surface area contributed by atoms with Crippen LogP contribution in [0.1, 0.15) is 12.6 Å². The summed E-state index contributed by atoms with van der Waals surface area (Å²) >= 11 is 1.79. The van der Waals surface area contributed by atoms with Crippen LogP contribution >= 0.6 is 22.2 Å². The number of rotatable bonds is 10. The highest BCUT2D eigenvalue weighted by Gasteiger charge is 2.28. The van der Waals surface area contributed by atoms with E-state index in [1.54, 1.807) is 37.1 Å². The summed E-state index contributed by atoms with van der Waals surface area (Å²) in [4.78, 5) is 14.9. The quantitative estimate of drug-likeness (QED) is 0.360. The minimum absolute atomic E-state index is 0.0199. The minimum atomic E-state index is -3.90. The number of sulfonamides is 1. The number of thioether (sulfide) groups is 1. The molecule has 0 radical (unpaired) electrons. The van der Waals surface area contributed by atoms with Gasteiger partial charge in [-0.2, -0.15) is 18.9 Å². The van der Waals surface area contributed by atoms with E-state index in [4.69, 9.17) is 14.5 Å². The van der Waals surface area contributed by atoms with Crippen molar-refractivity contribution in [2.75, 3.05) is 62.8 Å². The number of nitrogens with one attached hydrogen (secondary N) is 1. The van der Waals surface area contributed by atoms with Crippen LogP contribution < -0.4 is 9.04 Å². The molecule has 3 aromatic rings. The number of hydrogen-bond acceptors (Lipinski definition) is 8. The van der Waals surface area contributed by atoms with Gasteiger partial charge in [-0.3, -0.25) is 9.30 Å². The minimum Gasteiger partial charge on any atom is -0.488 e. The Kier molecular flexibility index (Phi) is 8.67. The van der Waals surface area contributed by atoms with Gasteiger partial charge >= 0.3 is 0 Å². The Labute approximate surface area is 237 Å². The molecule has 0 spiro atoms. The Balaban J connectivity index is 1.44. The van der Waals surface area contributed by atoms with Gasteiger partial charge in [0, 0.05) is 68.2 Å². The first-order valence-corrected chi connectivity index (χ1v) is 16.9.